The summed E-state index contributed by atoms with van der Waals surface area (Å²) in [5, 5.41) is 3.15. The van der Waals surface area contributed by atoms with Crippen LogP contribution in [0.4, 0.5) is 0 Å². The summed E-state index contributed by atoms with van der Waals surface area (Å²) in [5.74, 6) is -0.363. The highest BCUT2D eigenvalue weighted by Crippen LogP contribution is 2.34. The van der Waals surface area contributed by atoms with E-state index < -0.39 is 17.5 Å². The standard InChI is InChI=1S/C39H61N5O5/c1-26(2)32(42(7)37(47)34(39(3,4)5)40-35(45)29-18-10-11-22-41(29)6)25-43-23-13-19-30(43)36(46)44-24-14-20-31(44)38(48)49-33-21-12-16-27-15-8-9-17-28(27)33/h8-9,15,17,26,29-34H,10-14,16,18-25H2,1-7H3,(H,40,45)/t29-,30?,31?,32-,33+,34?/m1/s1. The van der Waals surface area contributed by atoms with E-state index in [0.717, 1.165) is 76.4 Å². The van der Waals surface area contributed by atoms with E-state index in [1.54, 1.807) is 4.90 Å². The quantitative estimate of drug-likeness (QED) is 0.362. The molecule has 3 unspecified atom stereocenters. The summed E-state index contributed by atoms with van der Waals surface area (Å²) in [4.78, 5) is 63.4. The van der Waals surface area contributed by atoms with Crippen LogP contribution in [-0.2, 0) is 30.3 Å². The Hall–Kier alpha value is -2.98. The number of rotatable bonds is 10. The fourth-order valence-electron chi connectivity index (χ4n) is 8.52. The predicted octanol–water partition coefficient (Wildman–Crippen LogP) is 4.56. The summed E-state index contributed by atoms with van der Waals surface area (Å²) in [6, 6.07) is 6.23. The number of aryl methyl sites for hydroxylation is 1. The van der Waals surface area contributed by atoms with Gasteiger partial charge in [-0.3, -0.25) is 24.2 Å². The van der Waals surface area contributed by atoms with Crippen LogP contribution in [0.3, 0.4) is 0 Å². The third-order valence-electron chi connectivity index (χ3n) is 11.5. The number of esters is 1. The number of amides is 3. The molecule has 5 rings (SSSR count). The molecule has 3 saturated heterocycles. The van der Waals surface area contributed by atoms with Gasteiger partial charge in [0.15, 0.2) is 0 Å². The van der Waals surface area contributed by atoms with Crippen molar-refractivity contribution in [3.8, 4) is 0 Å². The lowest BCUT2D eigenvalue weighted by Gasteiger charge is -2.41. The Morgan fingerprint density at radius 2 is 1.59 bits per heavy atom. The van der Waals surface area contributed by atoms with Crippen molar-refractivity contribution in [3.05, 3.63) is 35.4 Å². The highest BCUT2D eigenvalue weighted by Gasteiger charge is 2.44. The van der Waals surface area contributed by atoms with E-state index in [4.69, 9.17) is 4.74 Å². The number of likely N-dealkylation sites (N-methyl/N-ethyl adjacent to an activating group) is 2. The molecule has 0 spiro atoms. The van der Waals surface area contributed by atoms with Gasteiger partial charge in [-0.05, 0) is 100 Å². The van der Waals surface area contributed by atoms with Crippen molar-refractivity contribution >= 4 is 23.7 Å². The van der Waals surface area contributed by atoms with Crippen LogP contribution in [0.5, 0.6) is 0 Å². The summed E-state index contributed by atoms with van der Waals surface area (Å²) in [7, 11) is 3.82. The van der Waals surface area contributed by atoms with Crippen LogP contribution in [0.15, 0.2) is 24.3 Å². The SMILES string of the molecule is CC(C)[C@@H](CN1CCCC1C(=O)N1CCCC1C(=O)O[C@H]1CCCc2ccccc21)N(C)C(=O)C(NC(=O)[C@H]1CCCCN1C)C(C)(C)C. The second-order valence-corrected chi connectivity index (χ2v) is 16.4. The van der Waals surface area contributed by atoms with E-state index in [1.807, 2.05) is 51.9 Å². The molecule has 49 heavy (non-hydrogen) atoms. The Morgan fingerprint density at radius 3 is 2.31 bits per heavy atom. The van der Waals surface area contributed by atoms with Crippen molar-refractivity contribution in [3.63, 3.8) is 0 Å². The lowest BCUT2D eigenvalue weighted by molar-refractivity contribution is -0.160. The summed E-state index contributed by atoms with van der Waals surface area (Å²) >= 11 is 0. The van der Waals surface area contributed by atoms with Crippen molar-refractivity contribution < 1.29 is 23.9 Å². The van der Waals surface area contributed by atoms with Crippen LogP contribution in [0, 0.1) is 11.3 Å². The van der Waals surface area contributed by atoms with Gasteiger partial charge in [-0.25, -0.2) is 4.79 Å². The summed E-state index contributed by atoms with van der Waals surface area (Å²) in [6.07, 6.45) is 8.42. The van der Waals surface area contributed by atoms with E-state index in [9.17, 15) is 19.2 Å². The van der Waals surface area contributed by atoms with Crippen molar-refractivity contribution in [2.75, 3.05) is 40.3 Å². The number of piperidine rings is 1. The van der Waals surface area contributed by atoms with Gasteiger partial charge in [-0.1, -0.05) is 65.3 Å². The molecule has 272 valence electrons. The molecule has 1 aliphatic carbocycles. The van der Waals surface area contributed by atoms with Gasteiger partial charge >= 0.3 is 5.97 Å². The smallest absolute Gasteiger partial charge is 0.329 e. The lowest BCUT2D eigenvalue weighted by atomic mass is 9.84. The second kappa shape index (κ2) is 15.9. The lowest BCUT2D eigenvalue weighted by Crippen LogP contribution is -2.61. The summed E-state index contributed by atoms with van der Waals surface area (Å²) < 4.78 is 6.12. The number of carbonyl (C=O) groups excluding carboxylic acids is 4. The molecule has 3 amide bonds. The zero-order valence-corrected chi connectivity index (χ0v) is 31.1. The Kier molecular flexibility index (Phi) is 12.1. The van der Waals surface area contributed by atoms with Crippen LogP contribution in [0.1, 0.15) is 110 Å². The Balaban J connectivity index is 1.25. The van der Waals surface area contributed by atoms with Gasteiger partial charge in [0, 0.05) is 26.2 Å². The van der Waals surface area contributed by atoms with Crippen LogP contribution < -0.4 is 5.32 Å². The Morgan fingerprint density at radius 1 is 0.898 bits per heavy atom. The maximum absolute atomic E-state index is 14.2. The van der Waals surface area contributed by atoms with Crippen LogP contribution >= 0.6 is 0 Å². The number of benzene rings is 1. The zero-order chi connectivity index (χ0) is 35.5. The third-order valence-corrected chi connectivity index (χ3v) is 11.5. The van der Waals surface area contributed by atoms with Crippen LogP contribution in [-0.4, -0.2) is 114 Å². The number of nitrogens with zero attached hydrogens (tertiary/aromatic N) is 4. The molecular weight excluding hydrogens is 618 g/mol. The molecular formula is C39H61N5O5. The molecule has 10 nitrogen and oxygen atoms in total. The molecule has 0 bridgehead atoms. The topological polar surface area (TPSA) is 103 Å². The fourth-order valence-corrected chi connectivity index (χ4v) is 8.52. The first kappa shape index (κ1) is 37.3. The summed E-state index contributed by atoms with van der Waals surface area (Å²) in [5.41, 5.74) is 1.85. The molecule has 3 fully saturated rings. The van der Waals surface area contributed by atoms with Crippen molar-refractivity contribution in [2.24, 2.45) is 11.3 Å². The third kappa shape index (κ3) is 8.50. The predicted molar refractivity (Wildman–Crippen MR) is 191 cm³/mol. The molecule has 0 aromatic heterocycles. The van der Waals surface area contributed by atoms with Gasteiger partial charge in [0.25, 0.3) is 0 Å². The monoisotopic (exact) mass is 679 g/mol. The summed E-state index contributed by atoms with van der Waals surface area (Å²) in [6.45, 7) is 13.0. The number of hydrogen-bond donors (Lipinski definition) is 1. The largest absolute Gasteiger partial charge is 0.456 e. The van der Waals surface area contributed by atoms with Crippen LogP contribution in [0.25, 0.3) is 0 Å². The van der Waals surface area contributed by atoms with Gasteiger partial charge in [-0.2, -0.15) is 0 Å². The van der Waals surface area contributed by atoms with Crippen molar-refractivity contribution in [2.45, 2.75) is 135 Å². The van der Waals surface area contributed by atoms with Crippen molar-refractivity contribution in [1.29, 1.82) is 0 Å². The molecule has 6 atom stereocenters. The molecule has 3 heterocycles. The Bertz CT molecular complexity index is 1340. The minimum Gasteiger partial charge on any atom is -0.456 e. The highest BCUT2D eigenvalue weighted by molar-refractivity contribution is 5.91. The molecule has 0 radical (unpaired) electrons. The molecule has 10 heteroatoms. The van der Waals surface area contributed by atoms with E-state index >= 15 is 0 Å². The van der Waals surface area contributed by atoms with E-state index in [1.165, 1.54) is 5.56 Å². The number of fused-ring (bicyclic) bond motifs is 1. The number of hydrogen-bond acceptors (Lipinski definition) is 7. The van der Waals surface area contributed by atoms with Gasteiger partial charge in [0.1, 0.15) is 18.2 Å². The maximum Gasteiger partial charge on any atom is 0.329 e. The average molecular weight is 680 g/mol. The number of nitrogens with one attached hydrogen (secondary N) is 1. The van der Waals surface area contributed by atoms with Gasteiger partial charge in [-0.15, -0.1) is 0 Å². The minimum absolute atomic E-state index is 0.00564. The number of ether oxygens (including phenoxy) is 1. The van der Waals surface area contributed by atoms with Crippen molar-refractivity contribution in [1.82, 2.24) is 24.9 Å². The molecule has 1 aromatic rings. The van der Waals surface area contributed by atoms with Gasteiger partial charge in [0.2, 0.25) is 17.7 Å². The molecule has 3 aliphatic heterocycles. The van der Waals surface area contributed by atoms with E-state index in [2.05, 4.69) is 41.1 Å². The highest BCUT2D eigenvalue weighted by atomic mass is 16.5. The van der Waals surface area contributed by atoms with Gasteiger partial charge < -0.3 is 19.9 Å². The average Bonchev–Trinajstić information content (AvgIpc) is 3.75. The molecule has 1 N–H and O–H groups in total. The molecule has 1 aromatic carbocycles. The van der Waals surface area contributed by atoms with Gasteiger partial charge in [0.05, 0.1) is 12.1 Å². The molecule has 4 aliphatic rings. The first-order valence-electron chi connectivity index (χ1n) is 18.9. The minimum atomic E-state index is -0.676. The first-order valence-corrected chi connectivity index (χ1v) is 18.9. The number of carbonyl (C=O) groups is 4. The van der Waals surface area contributed by atoms with Crippen LogP contribution in [0.2, 0.25) is 0 Å². The molecule has 0 saturated carbocycles. The first-order chi connectivity index (χ1) is 23.3. The zero-order valence-electron chi connectivity index (χ0n) is 31.1. The van der Waals surface area contributed by atoms with E-state index in [0.29, 0.717) is 19.5 Å². The number of likely N-dealkylation sites (tertiary alicyclic amines) is 3. The Labute approximate surface area is 294 Å². The maximum atomic E-state index is 14.2. The van der Waals surface area contributed by atoms with E-state index in [-0.39, 0.29) is 53.8 Å². The fraction of sp³-hybridized carbons (Fsp3) is 0.744. The second-order valence-electron chi connectivity index (χ2n) is 16.4. The normalized spacial score (nSPS) is 26.2.